The number of thiophene rings is 1. The average molecular weight is 224 g/mol. The molecule has 1 aliphatic rings. The summed E-state index contributed by atoms with van der Waals surface area (Å²) >= 11 is 1.83. The number of nitrogens with one attached hydrogen (secondary N) is 1. The minimum Gasteiger partial charge on any atom is -0.367 e. The predicted octanol–water partition coefficient (Wildman–Crippen LogP) is 2.57. The summed E-state index contributed by atoms with van der Waals surface area (Å²) in [6, 6.07) is 4.32. The molecular formula is C12H20N2S. The van der Waals surface area contributed by atoms with Gasteiger partial charge in [-0.1, -0.05) is 0 Å². The van der Waals surface area contributed by atoms with Crippen molar-refractivity contribution in [1.29, 1.82) is 0 Å². The largest absolute Gasteiger partial charge is 0.367 e. The van der Waals surface area contributed by atoms with E-state index in [0.29, 0.717) is 0 Å². The lowest BCUT2D eigenvalue weighted by molar-refractivity contribution is 0.360. The van der Waals surface area contributed by atoms with Crippen LogP contribution in [0, 0.1) is 5.92 Å². The van der Waals surface area contributed by atoms with Gasteiger partial charge in [0, 0.05) is 13.6 Å². The Hall–Kier alpha value is -0.540. The molecule has 0 aromatic carbocycles. The summed E-state index contributed by atoms with van der Waals surface area (Å²) in [4.78, 5) is 2.37. The second-order valence-electron chi connectivity index (χ2n) is 4.37. The molecule has 15 heavy (non-hydrogen) atoms. The van der Waals surface area contributed by atoms with Crippen LogP contribution in [0.2, 0.25) is 0 Å². The van der Waals surface area contributed by atoms with E-state index < -0.39 is 0 Å². The molecule has 0 saturated carbocycles. The van der Waals surface area contributed by atoms with Crippen LogP contribution >= 0.6 is 11.3 Å². The molecule has 0 radical (unpaired) electrons. The van der Waals surface area contributed by atoms with Crippen LogP contribution < -0.4 is 10.2 Å². The van der Waals surface area contributed by atoms with Gasteiger partial charge in [-0.25, -0.2) is 0 Å². The SMILES string of the molecule is CN(CCC1CCCNC1)c1cccs1. The van der Waals surface area contributed by atoms with Crippen molar-refractivity contribution in [1.82, 2.24) is 5.32 Å². The molecule has 1 aromatic heterocycles. The zero-order valence-corrected chi connectivity index (χ0v) is 10.2. The van der Waals surface area contributed by atoms with Crippen LogP contribution in [0.1, 0.15) is 19.3 Å². The van der Waals surface area contributed by atoms with Crippen molar-refractivity contribution < 1.29 is 0 Å². The van der Waals surface area contributed by atoms with Crippen molar-refractivity contribution in [2.24, 2.45) is 5.92 Å². The minimum absolute atomic E-state index is 0.890. The fourth-order valence-electron chi connectivity index (χ4n) is 2.14. The van der Waals surface area contributed by atoms with Crippen molar-refractivity contribution in [2.75, 3.05) is 31.6 Å². The molecule has 84 valence electrons. The summed E-state index contributed by atoms with van der Waals surface area (Å²) in [5.74, 6) is 0.890. The molecule has 0 spiro atoms. The Bertz CT molecular complexity index is 265. The second-order valence-corrected chi connectivity index (χ2v) is 5.30. The predicted molar refractivity (Wildman–Crippen MR) is 67.8 cm³/mol. The first-order valence-electron chi connectivity index (χ1n) is 5.81. The first-order valence-corrected chi connectivity index (χ1v) is 6.69. The van der Waals surface area contributed by atoms with Gasteiger partial charge in [0.1, 0.15) is 0 Å². The van der Waals surface area contributed by atoms with E-state index in [4.69, 9.17) is 0 Å². The van der Waals surface area contributed by atoms with Gasteiger partial charge in [-0.3, -0.25) is 0 Å². The van der Waals surface area contributed by atoms with E-state index in [2.05, 4.69) is 34.8 Å². The number of rotatable bonds is 4. The van der Waals surface area contributed by atoms with Crippen LogP contribution in [-0.4, -0.2) is 26.7 Å². The average Bonchev–Trinajstić information content (AvgIpc) is 2.81. The Morgan fingerprint density at radius 2 is 2.53 bits per heavy atom. The topological polar surface area (TPSA) is 15.3 Å². The molecule has 3 heteroatoms. The molecule has 1 unspecified atom stereocenters. The van der Waals surface area contributed by atoms with Crippen LogP contribution in [0.25, 0.3) is 0 Å². The highest BCUT2D eigenvalue weighted by atomic mass is 32.1. The summed E-state index contributed by atoms with van der Waals surface area (Å²) in [7, 11) is 2.20. The van der Waals surface area contributed by atoms with Crippen LogP contribution in [0.5, 0.6) is 0 Å². The standard InChI is InChI=1S/C12H20N2S/c1-14(12-5-3-9-15-12)8-6-11-4-2-7-13-10-11/h3,5,9,11,13H,2,4,6-8,10H2,1H3. The maximum atomic E-state index is 3.48. The van der Waals surface area contributed by atoms with E-state index in [-0.39, 0.29) is 0 Å². The van der Waals surface area contributed by atoms with Gasteiger partial charge < -0.3 is 10.2 Å². The Labute approximate surface area is 96.3 Å². The van der Waals surface area contributed by atoms with Crippen LogP contribution in [0.3, 0.4) is 0 Å². The Balaban J connectivity index is 1.73. The van der Waals surface area contributed by atoms with Crippen molar-refractivity contribution in [3.8, 4) is 0 Å². The van der Waals surface area contributed by atoms with E-state index in [0.717, 1.165) is 5.92 Å². The van der Waals surface area contributed by atoms with E-state index in [1.165, 1.54) is 43.9 Å². The van der Waals surface area contributed by atoms with Crippen LogP contribution in [0.15, 0.2) is 17.5 Å². The van der Waals surface area contributed by atoms with Gasteiger partial charge >= 0.3 is 0 Å². The lowest BCUT2D eigenvalue weighted by Crippen LogP contribution is -2.32. The summed E-state index contributed by atoms with van der Waals surface area (Å²) in [6.45, 7) is 3.63. The van der Waals surface area contributed by atoms with Crippen molar-refractivity contribution in [3.05, 3.63) is 17.5 Å². The van der Waals surface area contributed by atoms with Gasteiger partial charge in [-0.2, -0.15) is 0 Å². The lowest BCUT2D eigenvalue weighted by Gasteiger charge is -2.25. The molecule has 0 aliphatic carbocycles. The minimum atomic E-state index is 0.890. The summed E-state index contributed by atoms with van der Waals surface area (Å²) in [5, 5.41) is 7.01. The van der Waals surface area contributed by atoms with Crippen LogP contribution in [-0.2, 0) is 0 Å². The van der Waals surface area contributed by atoms with Crippen molar-refractivity contribution >= 4 is 16.3 Å². The van der Waals surface area contributed by atoms with E-state index in [1.807, 2.05) is 11.3 Å². The van der Waals surface area contributed by atoms with Gasteiger partial charge in [0.15, 0.2) is 0 Å². The summed E-state index contributed by atoms with van der Waals surface area (Å²) in [5.41, 5.74) is 0. The maximum Gasteiger partial charge on any atom is 0.0905 e. The Kier molecular flexibility index (Phi) is 4.03. The molecule has 1 atom stereocenters. The third-order valence-corrected chi connectivity index (χ3v) is 4.14. The molecule has 0 bridgehead atoms. The van der Waals surface area contributed by atoms with Crippen LogP contribution in [0.4, 0.5) is 5.00 Å². The number of hydrogen-bond acceptors (Lipinski definition) is 3. The van der Waals surface area contributed by atoms with E-state index in [1.54, 1.807) is 0 Å². The van der Waals surface area contributed by atoms with Gasteiger partial charge in [0.2, 0.25) is 0 Å². The smallest absolute Gasteiger partial charge is 0.0905 e. The van der Waals surface area contributed by atoms with Gasteiger partial charge in [0.25, 0.3) is 0 Å². The summed E-state index contributed by atoms with van der Waals surface area (Å²) < 4.78 is 0. The zero-order chi connectivity index (χ0) is 10.5. The normalized spacial score (nSPS) is 21.5. The molecule has 1 aliphatic heterocycles. The number of nitrogens with zero attached hydrogens (tertiary/aromatic N) is 1. The first-order chi connectivity index (χ1) is 7.36. The highest BCUT2D eigenvalue weighted by Gasteiger charge is 2.13. The Morgan fingerprint density at radius 1 is 1.60 bits per heavy atom. The van der Waals surface area contributed by atoms with Gasteiger partial charge in [-0.05, 0) is 55.8 Å². The maximum absolute atomic E-state index is 3.48. The van der Waals surface area contributed by atoms with Gasteiger partial charge in [-0.15, -0.1) is 11.3 Å². The zero-order valence-electron chi connectivity index (χ0n) is 9.41. The molecule has 0 amide bonds. The molecule has 1 saturated heterocycles. The first kappa shape index (κ1) is 11.0. The lowest BCUT2D eigenvalue weighted by atomic mass is 9.96. The number of anilines is 1. The molecule has 2 rings (SSSR count). The van der Waals surface area contributed by atoms with Crippen molar-refractivity contribution in [3.63, 3.8) is 0 Å². The number of piperidine rings is 1. The molecule has 1 N–H and O–H groups in total. The summed E-state index contributed by atoms with van der Waals surface area (Å²) in [6.07, 6.45) is 4.08. The highest BCUT2D eigenvalue weighted by molar-refractivity contribution is 7.14. The third-order valence-electron chi connectivity index (χ3n) is 3.15. The van der Waals surface area contributed by atoms with Gasteiger partial charge in [0.05, 0.1) is 5.00 Å². The highest BCUT2D eigenvalue weighted by Crippen LogP contribution is 2.21. The molecule has 2 nitrogen and oxygen atoms in total. The third kappa shape index (κ3) is 3.21. The fraction of sp³-hybridized carbons (Fsp3) is 0.667. The quantitative estimate of drug-likeness (QED) is 0.845. The number of hydrogen-bond donors (Lipinski definition) is 1. The van der Waals surface area contributed by atoms with E-state index >= 15 is 0 Å². The second kappa shape index (κ2) is 5.52. The Morgan fingerprint density at radius 3 is 3.20 bits per heavy atom. The van der Waals surface area contributed by atoms with E-state index in [9.17, 15) is 0 Å². The molecule has 2 heterocycles. The molecular weight excluding hydrogens is 204 g/mol. The molecule has 1 aromatic rings. The van der Waals surface area contributed by atoms with Crippen molar-refractivity contribution in [2.45, 2.75) is 19.3 Å². The molecule has 1 fully saturated rings. The monoisotopic (exact) mass is 224 g/mol. The fourth-order valence-corrected chi connectivity index (χ4v) is 2.87.